The summed E-state index contributed by atoms with van der Waals surface area (Å²) in [5.41, 5.74) is 2.86. The van der Waals surface area contributed by atoms with Crippen molar-refractivity contribution < 1.29 is 18.0 Å². The Morgan fingerprint density at radius 1 is 0.881 bits per heavy atom. The van der Waals surface area contributed by atoms with E-state index in [1.54, 1.807) is 49.4 Å². The van der Waals surface area contributed by atoms with Crippen molar-refractivity contribution in [1.82, 2.24) is 10.2 Å². The second-order valence-corrected chi connectivity index (χ2v) is 13.8. The standard InChI is InChI=1S/C32H39Cl2N3O4S/c1-21(2)18-35-32(39)24(6)36(19-26-9-12-27(33)17-30(26)34)31(38)20-37(28-13-10-25(11-14-28)22(3)4)42(40,41)29-15-7-23(5)8-16-29/h7-17,21-22,24H,18-20H2,1-6H3,(H,35,39). The Kier molecular flexibility index (Phi) is 11.5. The lowest BCUT2D eigenvalue weighted by Crippen LogP contribution is -2.51. The maximum absolute atomic E-state index is 14.1. The van der Waals surface area contributed by atoms with Gasteiger partial charge in [-0.05, 0) is 73.2 Å². The number of hydrogen-bond acceptors (Lipinski definition) is 4. The molecule has 7 nitrogen and oxygen atoms in total. The number of anilines is 1. The molecule has 2 amide bonds. The minimum absolute atomic E-state index is 0.0180. The van der Waals surface area contributed by atoms with Gasteiger partial charge in [-0.15, -0.1) is 0 Å². The Labute approximate surface area is 259 Å². The SMILES string of the molecule is Cc1ccc(S(=O)(=O)N(CC(=O)N(Cc2ccc(Cl)cc2Cl)C(C)C(=O)NCC(C)C)c2ccc(C(C)C)cc2)cc1. The molecule has 1 N–H and O–H groups in total. The first-order valence-corrected chi connectivity index (χ1v) is 16.1. The summed E-state index contributed by atoms with van der Waals surface area (Å²) in [4.78, 5) is 28.6. The van der Waals surface area contributed by atoms with Gasteiger partial charge in [0.25, 0.3) is 10.0 Å². The summed E-state index contributed by atoms with van der Waals surface area (Å²) in [6, 6.07) is 17.6. The van der Waals surface area contributed by atoms with E-state index in [0.29, 0.717) is 27.8 Å². The van der Waals surface area contributed by atoms with Gasteiger partial charge in [0, 0.05) is 23.1 Å². The third-order valence-corrected chi connectivity index (χ3v) is 9.32. The van der Waals surface area contributed by atoms with Crippen molar-refractivity contribution in [3.05, 3.63) is 93.5 Å². The van der Waals surface area contributed by atoms with Crippen molar-refractivity contribution in [3.8, 4) is 0 Å². The van der Waals surface area contributed by atoms with Crippen molar-refractivity contribution >= 4 is 50.7 Å². The highest BCUT2D eigenvalue weighted by Gasteiger charge is 2.33. The zero-order valence-corrected chi connectivity index (χ0v) is 27.2. The summed E-state index contributed by atoms with van der Waals surface area (Å²) in [5.74, 6) is -0.458. The number of amides is 2. The second kappa shape index (κ2) is 14.4. The number of rotatable bonds is 12. The number of sulfonamides is 1. The molecule has 0 aliphatic carbocycles. The Balaban J connectivity index is 2.05. The first-order valence-electron chi connectivity index (χ1n) is 13.9. The van der Waals surface area contributed by atoms with Crippen LogP contribution in [-0.2, 0) is 26.2 Å². The van der Waals surface area contributed by atoms with Crippen LogP contribution in [-0.4, -0.2) is 44.3 Å². The molecule has 1 atom stereocenters. The van der Waals surface area contributed by atoms with Crippen LogP contribution in [0.2, 0.25) is 10.0 Å². The average Bonchev–Trinajstić information content (AvgIpc) is 2.94. The molecule has 3 rings (SSSR count). The third-order valence-electron chi connectivity index (χ3n) is 6.94. The molecule has 42 heavy (non-hydrogen) atoms. The first kappa shape index (κ1) is 33.4. The maximum atomic E-state index is 14.1. The molecular formula is C32H39Cl2N3O4S. The fourth-order valence-corrected chi connectivity index (χ4v) is 6.14. The second-order valence-electron chi connectivity index (χ2n) is 11.1. The minimum atomic E-state index is -4.14. The summed E-state index contributed by atoms with van der Waals surface area (Å²) >= 11 is 12.5. The highest BCUT2D eigenvalue weighted by atomic mass is 35.5. The van der Waals surface area contributed by atoms with Gasteiger partial charge in [0.05, 0.1) is 10.6 Å². The van der Waals surface area contributed by atoms with Crippen molar-refractivity contribution in [2.45, 2.75) is 64.9 Å². The molecule has 0 aliphatic heterocycles. The Morgan fingerprint density at radius 2 is 1.50 bits per heavy atom. The van der Waals surface area contributed by atoms with Crippen LogP contribution >= 0.6 is 23.2 Å². The van der Waals surface area contributed by atoms with Gasteiger partial charge in [0.2, 0.25) is 11.8 Å². The van der Waals surface area contributed by atoms with E-state index >= 15 is 0 Å². The van der Waals surface area contributed by atoms with Crippen molar-refractivity contribution in [3.63, 3.8) is 0 Å². The predicted octanol–water partition coefficient (Wildman–Crippen LogP) is 6.81. The van der Waals surface area contributed by atoms with Gasteiger partial charge in [-0.2, -0.15) is 0 Å². The van der Waals surface area contributed by atoms with Crippen molar-refractivity contribution in [2.24, 2.45) is 5.92 Å². The molecular weight excluding hydrogens is 593 g/mol. The van der Waals surface area contributed by atoms with Crippen LogP contribution in [0.3, 0.4) is 0 Å². The van der Waals surface area contributed by atoms with Crippen LogP contribution in [0, 0.1) is 12.8 Å². The summed E-state index contributed by atoms with van der Waals surface area (Å²) in [6.45, 7) is 11.4. The zero-order chi connectivity index (χ0) is 31.2. The molecule has 1 unspecified atom stereocenters. The number of aryl methyl sites for hydroxylation is 1. The highest BCUT2D eigenvalue weighted by Crippen LogP contribution is 2.28. The fourth-order valence-electron chi connectivity index (χ4n) is 4.26. The van der Waals surface area contributed by atoms with Crippen LogP contribution in [0.5, 0.6) is 0 Å². The molecule has 0 heterocycles. The van der Waals surface area contributed by atoms with Crippen LogP contribution in [0.1, 0.15) is 57.2 Å². The monoisotopic (exact) mass is 631 g/mol. The molecule has 10 heteroatoms. The highest BCUT2D eigenvalue weighted by molar-refractivity contribution is 7.92. The number of nitrogens with zero attached hydrogens (tertiary/aromatic N) is 2. The number of benzene rings is 3. The van der Waals surface area contributed by atoms with E-state index in [1.807, 2.05) is 46.8 Å². The maximum Gasteiger partial charge on any atom is 0.264 e. The van der Waals surface area contributed by atoms with E-state index < -0.39 is 28.5 Å². The molecule has 0 spiro atoms. The van der Waals surface area contributed by atoms with Crippen molar-refractivity contribution in [2.75, 3.05) is 17.4 Å². The van der Waals surface area contributed by atoms with E-state index in [1.165, 1.54) is 17.0 Å². The minimum Gasteiger partial charge on any atom is -0.354 e. The third kappa shape index (κ3) is 8.49. The molecule has 0 aliphatic rings. The topological polar surface area (TPSA) is 86.8 Å². The van der Waals surface area contributed by atoms with Gasteiger partial charge in [0.1, 0.15) is 12.6 Å². The molecule has 0 saturated heterocycles. The number of carbonyl (C=O) groups excluding carboxylic acids is 2. The van der Waals surface area contributed by atoms with E-state index in [2.05, 4.69) is 5.32 Å². The van der Waals surface area contributed by atoms with Crippen LogP contribution < -0.4 is 9.62 Å². The Bertz CT molecular complexity index is 1490. The van der Waals surface area contributed by atoms with Gasteiger partial charge in [-0.25, -0.2) is 8.42 Å². The van der Waals surface area contributed by atoms with Crippen LogP contribution in [0.15, 0.2) is 71.6 Å². The van der Waals surface area contributed by atoms with Crippen molar-refractivity contribution in [1.29, 1.82) is 0 Å². The molecule has 0 aromatic heterocycles. The summed E-state index contributed by atoms with van der Waals surface area (Å²) in [7, 11) is -4.14. The van der Waals surface area contributed by atoms with Gasteiger partial charge < -0.3 is 10.2 Å². The van der Waals surface area contributed by atoms with Gasteiger partial charge in [-0.1, -0.05) is 86.8 Å². The van der Waals surface area contributed by atoms with Crippen LogP contribution in [0.25, 0.3) is 0 Å². The van der Waals surface area contributed by atoms with Gasteiger partial charge in [-0.3, -0.25) is 13.9 Å². The van der Waals surface area contributed by atoms with E-state index in [0.717, 1.165) is 15.4 Å². The smallest absolute Gasteiger partial charge is 0.264 e. The number of halogens is 2. The summed E-state index contributed by atoms with van der Waals surface area (Å²) < 4.78 is 29.1. The lowest BCUT2D eigenvalue weighted by molar-refractivity contribution is -0.139. The molecule has 3 aromatic carbocycles. The lowest BCUT2D eigenvalue weighted by atomic mass is 10.0. The van der Waals surface area contributed by atoms with Gasteiger partial charge in [0.15, 0.2) is 0 Å². The molecule has 0 radical (unpaired) electrons. The summed E-state index contributed by atoms with van der Waals surface area (Å²) in [6.07, 6.45) is 0. The number of hydrogen-bond donors (Lipinski definition) is 1. The fraction of sp³-hybridized carbons (Fsp3) is 0.375. The van der Waals surface area contributed by atoms with E-state index in [4.69, 9.17) is 23.2 Å². The molecule has 3 aromatic rings. The van der Waals surface area contributed by atoms with E-state index in [-0.39, 0.29) is 29.2 Å². The first-order chi connectivity index (χ1) is 19.7. The molecule has 226 valence electrons. The largest absolute Gasteiger partial charge is 0.354 e. The summed E-state index contributed by atoms with van der Waals surface area (Å²) in [5, 5.41) is 3.64. The molecule has 0 bridgehead atoms. The average molecular weight is 633 g/mol. The normalized spacial score (nSPS) is 12.3. The predicted molar refractivity (Wildman–Crippen MR) is 171 cm³/mol. The van der Waals surface area contributed by atoms with E-state index in [9.17, 15) is 18.0 Å². The molecule has 0 fully saturated rings. The number of nitrogens with one attached hydrogen (secondary N) is 1. The van der Waals surface area contributed by atoms with Gasteiger partial charge >= 0.3 is 0 Å². The Hall–Kier alpha value is -3.07. The lowest BCUT2D eigenvalue weighted by Gasteiger charge is -2.32. The number of carbonyl (C=O) groups is 2. The zero-order valence-electron chi connectivity index (χ0n) is 24.9. The Morgan fingerprint density at radius 3 is 2.05 bits per heavy atom. The molecule has 0 saturated carbocycles. The quantitative estimate of drug-likeness (QED) is 0.238. The van der Waals surface area contributed by atoms with Crippen LogP contribution in [0.4, 0.5) is 5.69 Å².